The third-order valence-corrected chi connectivity index (χ3v) is 3.10. The molecule has 0 aromatic heterocycles. The Labute approximate surface area is 123 Å². The molecule has 0 heterocycles. The number of carbonyl (C=O) groups excluding carboxylic acids is 1. The minimum absolute atomic E-state index is 0.0724. The molecule has 2 rings (SSSR count). The maximum absolute atomic E-state index is 11.7. The normalized spacial score (nSPS) is 9.85. The highest BCUT2D eigenvalue weighted by molar-refractivity contribution is 9.10. The second kappa shape index (κ2) is 6.21. The van der Waals surface area contributed by atoms with Crippen molar-refractivity contribution < 1.29 is 19.4 Å². The quantitative estimate of drug-likeness (QED) is 0.895. The van der Waals surface area contributed by atoms with Gasteiger partial charge in [-0.2, -0.15) is 0 Å². The summed E-state index contributed by atoms with van der Waals surface area (Å²) in [5.41, 5.74) is 0.397. The second-order valence-corrected chi connectivity index (χ2v) is 4.68. The van der Waals surface area contributed by atoms with E-state index in [-0.39, 0.29) is 5.56 Å². The van der Waals surface area contributed by atoms with Gasteiger partial charge in [0, 0.05) is 4.47 Å². The summed E-state index contributed by atoms with van der Waals surface area (Å²) in [6, 6.07) is 12.9. The highest BCUT2D eigenvalue weighted by Crippen LogP contribution is 2.24. The number of amides is 1. The van der Waals surface area contributed by atoms with Gasteiger partial charge in [-0.1, -0.05) is 18.2 Å². The van der Waals surface area contributed by atoms with E-state index in [0.29, 0.717) is 15.9 Å². The summed E-state index contributed by atoms with van der Waals surface area (Å²) in [5.74, 6) is -0.674. The minimum atomic E-state index is -1.07. The summed E-state index contributed by atoms with van der Waals surface area (Å²) in [6.45, 7) is 0. The van der Waals surface area contributed by atoms with Crippen molar-refractivity contribution in [3.05, 3.63) is 58.6 Å². The van der Waals surface area contributed by atoms with Crippen LogP contribution in [-0.4, -0.2) is 17.2 Å². The molecule has 0 saturated heterocycles. The lowest BCUT2D eigenvalue weighted by Crippen LogP contribution is -2.17. The number of nitrogens with one attached hydrogen (secondary N) is 1. The van der Waals surface area contributed by atoms with E-state index < -0.39 is 12.1 Å². The fourth-order valence-corrected chi connectivity index (χ4v) is 1.83. The number of benzene rings is 2. The maximum atomic E-state index is 11.7. The Morgan fingerprint density at radius 2 is 1.80 bits per heavy atom. The van der Waals surface area contributed by atoms with Gasteiger partial charge in [-0.05, 0) is 46.3 Å². The summed E-state index contributed by atoms with van der Waals surface area (Å²) >= 11 is 3.23. The zero-order valence-electron chi connectivity index (χ0n) is 10.2. The van der Waals surface area contributed by atoms with Crippen LogP contribution in [0.2, 0.25) is 0 Å². The minimum Gasteiger partial charge on any atom is -0.478 e. The van der Waals surface area contributed by atoms with Crippen LogP contribution in [0.1, 0.15) is 10.4 Å². The van der Waals surface area contributed by atoms with Crippen LogP contribution in [-0.2, 0) is 0 Å². The average molecular weight is 336 g/mol. The largest absolute Gasteiger partial charge is 0.478 e. The van der Waals surface area contributed by atoms with Gasteiger partial charge in [-0.15, -0.1) is 0 Å². The molecule has 6 heteroatoms. The molecule has 0 saturated carbocycles. The fraction of sp³-hybridized carbons (Fsp3) is 0. The number of aromatic carboxylic acids is 1. The molecular formula is C14H10BrNO4. The molecule has 0 fully saturated rings. The molecule has 0 aliphatic carbocycles. The van der Waals surface area contributed by atoms with E-state index >= 15 is 0 Å². The first-order chi connectivity index (χ1) is 9.56. The summed E-state index contributed by atoms with van der Waals surface area (Å²) in [4.78, 5) is 22.6. The summed E-state index contributed by atoms with van der Waals surface area (Å²) in [5, 5.41) is 11.4. The number of hydrogen-bond acceptors (Lipinski definition) is 3. The van der Waals surface area contributed by atoms with Gasteiger partial charge in [0.15, 0.2) is 0 Å². The van der Waals surface area contributed by atoms with Crippen molar-refractivity contribution in [2.75, 3.05) is 5.32 Å². The topological polar surface area (TPSA) is 75.6 Å². The molecule has 5 nitrogen and oxygen atoms in total. The van der Waals surface area contributed by atoms with Crippen LogP contribution in [0.5, 0.6) is 5.75 Å². The Hall–Kier alpha value is -2.34. The molecule has 0 atom stereocenters. The van der Waals surface area contributed by atoms with Gasteiger partial charge in [0.25, 0.3) is 0 Å². The number of carbonyl (C=O) groups is 2. The van der Waals surface area contributed by atoms with E-state index in [2.05, 4.69) is 21.2 Å². The number of rotatable bonds is 3. The van der Waals surface area contributed by atoms with E-state index in [9.17, 15) is 9.59 Å². The van der Waals surface area contributed by atoms with Gasteiger partial charge >= 0.3 is 12.1 Å². The lowest BCUT2D eigenvalue weighted by Gasteiger charge is -2.09. The van der Waals surface area contributed by atoms with Crippen molar-refractivity contribution in [1.29, 1.82) is 0 Å². The number of halogens is 1. The van der Waals surface area contributed by atoms with Crippen molar-refractivity contribution in [2.24, 2.45) is 0 Å². The number of anilines is 1. The van der Waals surface area contributed by atoms with Crippen LogP contribution >= 0.6 is 15.9 Å². The standard InChI is InChI=1S/C14H10BrNO4/c15-11-7-6-9(13(17)18)8-12(11)16-14(19)20-10-4-2-1-3-5-10/h1-8H,(H,16,19)(H,17,18). The molecule has 2 aromatic rings. The van der Waals surface area contributed by atoms with Gasteiger partial charge in [-0.3, -0.25) is 5.32 Å². The van der Waals surface area contributed by atoms with Gasteiger partial charge in [-0.25, -0.2) is 9.59 Å². The molecule has 0 radical (unpaired) electrons. The monoisotopic (exact) mass is 335 g/mol. The predicted octanol–water partition coefficient (Wildman–Crippen LogP) is 3.76. The molecule has 20 heavy (non-hydrogen) atoms. The Morgan fingerprint density at radius 3 is 2.45 bits per heavy atom. The lowest BCUT2D eigenvalue weighted by molar-refractivity contribution is 0.0697. The van der Waals surface area contributed by atoms with Crippen LogP contribution in [0.25, 0.3) is 0 Å². The number of carboxylic acid groups (broad SMARTS) is 1. The third kappa shape index (κ3) is 3.58. The fourth-order valence-electron chi connectivity index (χ4n) is 1.49. The van der Waals surface area contributed by atoms with Gasteiger partial charge in [0.1, 0.15) is 5.75 Å². The Kier molecular flexibility index (Phi) is 4.37. The first-order valence-corrected chi connectivity index (χ1v) is 6.42. The number of carboxylic acids is 1. The number of para-hydroxylation sites is 1. The van der Waals surface area contributed by atoms with Crippen molar-refractivity contribution in [2.45, 2.75) is 0 Å². The van der Waals surface area contributed by atoms with E-state index in [4.69, 9.17) is 9.84 Å². The molecule has 0 aliphatic heterocycles. The van der Waals surface area contributed by atoms with Crippen molar-refractivity contribution in [1.82, 2.24) is 0 Å². The second-order valence-electron chi connectivity index (χ2n) is 3.83. The van der Waals surface area contributed by atoms with E-state index in [1.165, 1.54) is 12.1 Å². The number of ether oxygens (including phenoxy) is 1. The molecule has 0 bridgehead atoms. The van der Waals surface area contributed by atoms with Crippen molar-refractivity contribution >= 4 is 33.7 Å². The summed E-state index contributed by atoms with van der Waals surface area (Å²) in [6.07, 6.45) is -0.695. The third-order valence-electron chi connectivity index (χ3n) is 2.40. The molecular weight excluding hydrogens is 326 g/mol. The molecule has 102 valence electrons. The molecule has 0 aliphatic rings. The highest BCUT2D eigenvalue weighted by Gasteiger charge is 2.11. The Morgan fingerprint density at radius 1 is 1.10 bits per heavy atom. The SMILES string of the molecule is O=C(Nc1cc(C(=O)O)ccc1Br)Oc1ccccc1. The van der Waals surface area contributed by atoms with Crippen LogP contribution in [0, 0.1) is 0 Å². The summed E-state index contributed by atoms with van der Waals surface area (Å²) < 4.78 is 5.62. The average Bonchev–Trinajstić information content (AvgIpc) is 2.42. The lowest BCUT2D eigenvalue weighted by atomic mass is 10.2. The first kappa shape index (κ1) is 14.1. The molecule has 2 N–H and O–H groups in total. The number of hydrogen-bond donors (Lipinski definition) is 2. The van der Waals surface area contributed by atoms with Crippen LogP contribution in [0.15, 0.2) is 53.0 Å². The smallest absolute Gasteiger partial charge is 0.417 e. The van der Waals surface area contributed by atoms with E-state index in [0.717, 1.165) is 0 Å². The Bertz CT molecular complexity index is 643. The van der Waals surface area contributed by atoms with Crippen LogP contribution in [0.3, 0.4) is 0 Å². The van der Waals surface area contributed by atoms with Gasteiger partial charge < -0.3 is 9.84 Å². The Balaban J connectivity index is 2.11. The van der Waals surface area contributed by atoms with Gasteiger partial charge in [0.05, 0.1) is 11.3 Å². The molecule has 2 aromatic carbocycles. The van der Waals surface area contributed by atoms with Crippen molar-refractivity contribution in [3.63, 3.8) is 0 Å². The highest BCUT2D eigenvalue weighted by atomic mass is 79.9. The summed E-state index contributed by atoms with van der Waals surface area (Å²) in [7, 11) is 0. The van der Waals surface area contributed by atoms with Crippen LogP contribution < -0.4 is 10.1 Å². The predicted molar refractivity (Wildman–Crippen MR) is 77.2 cm³/mol. The molecule has 0 spiro atoms. The zero-order valence-corrected chi connectivity index (χ0v) is 11.8. The van der Waals surface area contributed by atoms with E-state index in [1.54, 1.807) is 36.4 Å². The van der Waals surface area contributed by atoms with Gasteiger partial charge in [0.2, 0.25) is 0 Å². The maximum Gasteiger partial charge on any atom is 0.417 e. The zero-order chi connectivity index (χ0) is 14.5. The van der Waals surface area contributed by atoms with Crippen LogP contribution in [0.4, 0.5) is 10.5 Å². The molecule has 0 unspecified atom stereocenters. The molecule has 1 amide bonds. The van der Waals surface area contributed by atoms with Crippen molar-refractivity contribution in [3.8, 4) is 5.75 Å². The van der Waals surface area contributed by atoms with E-state index in [1.807, 2.05) is 0 Å². The first-order valence-electron chi connectivity index (χ1n) is 5.63.